The Balaban J connectivity index is 2.22. The number of hydrogen-bond donors (Lipinski definition) is 4. The zero-order chi connectivity index (χ0) is 15.5. The third-order valence-corrected chi connectivity index (χ3v) is 4.96. The van der Waals surface area contributed by atoms with Gasteiger partial charge in [0.1, 0.15) is 0 Å². The van der Waals surface area contributed by atoms with Crippen molar-refractivity contribution >= 4 is 16.1 Å². The normalized spacial score (nSPS) is 21.0. The average molecular weight is 314 g/mol. The molecule has 0 saturated heterocycles. The highest BCUT2D eigenvalue weighted by molar-refractivity contribution is 7.89. The van der Waals surface area contributed by atoms with E-state index in [9.17, 15) is 13.2 Å². The highest BCUT2D eigenvalue weighted by atomic mass is 32.2. The lowest BCUT2D eigenvalue weighted by Gasteiger charge is -2.20. The molecule has 1 aromatic rings. The van der Waals surface area contributed by atoms with E-state index in [0.717, 1.165) is 11.1 Å². The maximum atomic E-state index is 12.0. The quantitative estimate of drug-likeness (QED) is 0.584. The number of fused-ring (bicyclic) bond motifs is 1. The van der Waals surface area contributed by atoms with E-state index in [-0.39, 0.29) is 18.9 Å². The molecular weight excluding hydrogens is 296 g/mol. The fourth-order valence-corrected chi connectivity index (χ4v) is 4.10. The van der Waals surface area contributed by atoms with Gasteiger partial charge >= 0.3 is 6.09 Å². The van der Waals surface area contributed by atoms with Gasteiger partial charge < -0.3 is 15.5 Å². The molecule has 2 rings (SSSR count). The number of aliphatic hydroxyl groups is 1. The monoisotopic (exact) mass is 314 g/mol. The van der Waals surface area contributed by atoms with Crippen LogP contribution in [-0.4, -0.2) is 49.7 Å². The largest absolute Gasteiger partial charge is 0.465 e. The van der Waals surface area contributed by atoms with E-state index in [1.165, 1.54) is 0 Å². The third-order valence-electron chi connectivity index (χ3n) is 3.52. The fourth-order valence-electron chi connectivity index (χ4n) is 2.69. The van der Waals surface area contributed by atoms with E-state index >= 15 is 0 Å². The number of hydrogen-bond acceptors (Lipinski definition) is 4. The Morgan fingerprint density at radius 1 is 1.33 bits per heavy atom. The minimum atomic E-state index is -3.58. The lowest BCUT2D eigenvalue weighted by atomic mass is 10.0. The first-order chi connectivity index (χ1) is 9.93. The summed E-state index contributed by atoms with van der Waals surface area (Å²) in [6, 6.07) is 6.89. The van der Waals surface area contributed by atoms with E-state index in [2.05, 4.69) is 10.0 Å². The summed E-state index contributed by atoms with van der Waals surface area (Å²) in [6.45, 7) is -0.328. The second-order valence-electron chi connectivity index (χ2n) is 4.96. The number of sulfonamides is 1. The predicted molar refractivity (Wildman–Crippen MR) is 76.7 cm³/mol. The average Bonchev–Trinajstić information content (AvgIpc) is 2.73. The van der Waals surface area contributed by atoms with Crippen LogP contribution in [-0.2, 0) is 16.4 Å². The van der Waals surface area contributed by atoms with Crippen LogP contribution < -0.4 is 10.0 Å². The molecule has 1 aliphatic rings. The van der Waals surface area contributed by atoms with Crippen molar-refractivity contribution in [3.8, 4) is 0 Å². The van der Waals surface area contributed by atoms with E-state index in [1.54, 1.807) is 0 Å². The molecule has 0 aromatic heterocycles. The lowest BCUT2D eigenvalue weighted by molar-refractivity contribution is 0.189. The zero-order valence-corrected chi connectivity index (χ0v) is 12.1. The van der Waals surface area contributed by atoms with E-state index in [1.807, 2.05) is 24.3 Å². The lowest BCUT2D eigenvalue weighted by Crippen LogP contribution is -2.41. The van der Waals surface area contributed by atoms with Gasteiger partial charge in [-0.3, -0.25) is 0 Å². The molecule has 1 amide bonds. The zero-order valence-electron chi connectivity index (χ0n) is 11.3. The summed E-state index contributed by atoms with van der Waals surface area (Å²) in [5, 5.41) is 20.0. The molecule has 0 bridgehead atoms. The molecular formula is C13H18N2O5S. The van der Waals surface area contributed by atoms with Crippen LogP contribution in [0.4, 0.5) is 4.79 Å². The Hall–Kier alpha value is -1.64. The van der Waals surface area contributed by atoms with Crippen LogP contribution in [0.2, 0.25) is 0 Å². The van der Waals surface area contributed by atoms with E-state index in [0.29, 0.717) is 6.42 Å². The Morgan fingerprint density at radius 3 is 2.71 bits per heavy atom. The van der Waals surface area contributed by atoms with Crippen LogP contribution in [0.15, 0.2) is 24.3 Å². The molecule has 8 heteroatoms. The van der Waals surface area contributed by atoms with Gasteiger partial charge in [-0.1, -0.05) is 24.3 Å². The number of carboxylic acid groups (broad SMARTS) is 1. The van der Waals surface area contributed by atoms with Gasteiger partial charge in [-0.05, 0) is 17.5 Å². The summed E-state index contributed by atoms with van der Waals surface area (Å²) in [4.78, 5) is 10.9. The van der Waals surface area contributed by atoms with Crippen molar-refractivity contribution in [1.29, 1.82) is 0 Å². The van der Waals surface area contributed by atoms with Gasteiger partial charge in [0.15, 0.2) is 0 Å². The van der Waals surface area contributed by atoms with Crippen molar-refractivity contribution in [3.63, 3.8) is 0 Å². The number of carbonyl (C=O) groups is 1. The molecule has 0 aliphatic heterocycles. The highest BCUT2D eigenvalue weighted by Crippen LogP contribution is 2.34. The van der Waals surface area contributed by atoms with E-state index < -0.39 is 28.1 Å². The Labute approximate surface area is 123 Å². The van der Waals surface area contributed by atoms with Crippen molar-refractivity contribution in [2.75, 3.05) is 18.9 Å². The van der Waals surface area contributed by atoms with Gasteiger partial charge in [-0.2, -0.15) is 0 Å². The van der Waals surface area contributed by atoms with Crippen molar-refractivity contribution < 1.29 is 23.4 Å². The standard InChI is InChI=1S/C13H18N2O5S/c16-6-5-14-21(19,20)8-11-10-4-2-1-3-9(10)7-12(11)15-13(17)18/h1-4,11-12,14-16H,5-8H2,(H,17,18)/t11-,12-/m1/s1. The van der Waals surface area contributed by atoms with Crippen LogP contribution in [0.3, 0.4) is 0 Å². The Morgan fingerprint density at radius 2 is 2.05 bits per heavy atom. The SMILES string of the molecule is O=C(O)N[C@@H]1Cc2ccccc2[C@H]1CS(=O)(=O)NCCO. The van der Waals surface area contributed by atoms with Gasteiger partial charge in [0.05, 0.1) is 12.4 Å². The van der Waals surface area contributed by atoms with Crippen LogP contribution in [0.1, 0.15) is 17.0 Å². The molecule has 1 aromatic carbocycles. The van der Waals surface area contributed by atoms with Crippen LogP contribution >= 0.6 is 0 Å². The molecule has 0 unspecified atom stereocenters. The van der Waals surface area contributed by atoms with E-state index in [4.69, 9.17) is 10.2 Å². The first kappa shape index (κ1) is 15.7. The first-order valence-electron chi connectivity index (χ1n) is 6.58. The number of rotatable bonds is 6. The molecule has 1 aliphatic carbocycles. The molecule has 2 atom stereocenters. The summed E-state index contributed by atoms with van der Waals surface area (Å²) < 4.78 is 26.3. The van der Waals surface area contributed by atoms with Crippen molar-refractivity contribution in [3.05, 3.63) is 35.4 Å². The van der Waals surface area contributed by atoms with Gasteiger partial charge in [-0.15, -0.1) is 0 Å². The molecule has 4 N–H and O–H groups in total. The fraction of sp³-hybridized carbons (Fsp3) is 0.462. The summed E-state index contributed by atoms with van der Waals surface area (Å²) in [7, 11) is -3.58. The number of amides is 1. The minimum Gasteiger partial charge on any atom is -0.465 e. The smallest absolute Gasteiger partial charge is 0.404 e. The maximum Gasteiger partial charge on any atom is 0.404 e. The summed E-state index contributed by atoms with van der Waals surface area (Å²) in [5.41, 5.74) is 1.81. The van der Waals surface area contributed by atoms with Crippen molar-refractivity contribution in [2.24, 2.45) is 0 Å². The number of benzene rings is 1. The molecule has 116 valence electrons. The van der Waals surface area contributed by atoms with Crippen LogP contribution in [0.25, 0.3) is 0 Å². The Kier molecular flexibility index (Phi) is 4.81. The van der Waals surface area contributed by atoms with Gasteiger partial charge in [0.2, 0.25) is 10.0 Å². The highest BCUT2D eigenvalue weighted by Gasteiger charge is 2.36. The Bertz CT molecular complexity index is 617. The topological polar surface area (TPSA) is 116 Å². The second-order valence-corrected chi connectivity index (χ2v) is 6.82. The van der Waals surface area contributed by atoms with Gasteiger partial charge in [0, 0.05) is 18.5 Å². The number of nitrogens with one attached hydrogen (secondary N) is 2. The molecule has 0 radical (unpaired) electrons. The third kappa shape index (κ3) is 3.93. The van der Waals surface area contributed by atoms with Gasteiger partial charge in [-0.25, -0.2) is 17.9 Å². The van der Waals surface area contributed by atoms with Crippen LogP contribution in [0, 0.1) is 0 Å². The van der Waals surface area contributed by atoms with Gasteiger partial charge in [0.25, 0.3) is 0 Å². The molecule has 0 fully saturated rings. The summed E-state index contributed by atoms with van der Waals surface area (Å²) in [5.74, 6) is -0.650. The molecule has 21 heavy (non-hydrogen) atoms. The molecule has 0 spiro atoms. The number of aliphatic hydroxyl groups excluding tert-OH is 1. The maximum absolute atomic E-state index is 12.0. The summed E-state index contributed by atoms with van der Waals surface area (Å²) in [6.07, 6.45) is -0.693. The minimum absolute atomic E-state index is 0.0479. The second kappa shape index (κ2) is 6.42. The molecule has 0 saturated carbocycles. The van der Waals surface area contributed by atoms with Crippen molar-refractivity contribution in [1.82, 2.24) is 10.0 Å². The molecule has 0 heterocycles. The predicted octanol–water partition coefficient (Wildman–Crippen LogP) is -0.126. The first-order valence-corrected chi connectivity index (χ1v) is 8.23. The molecule has 7 nitrogen and oxygen atoms in total. The summed E-state index contributed by atoms with van der Waals surface area (Å²) >= 11 is 0. The van der Waals surface area contributed by atoms with Crippen LogP contribution in [0.5, 0.6) is 0 Å². The van der Waals surface area contributed by atoms with Crippen molar-refractivity contribution in [2.45, 2.75) is 18.4 Å².